The molecule has 1 radical (unpaired) electrons. The molecule has 0 fully saturated rings. The van der Waals surface area contributed by atoms with Crippen molar-refractivity contribution in [3.05, 3.63) is 85.3 Å². The molecule has 0 N–H and O–H groups in total. The molecule has 3 aromatic carbocycles. The lowest BCUT2D eigenvalue weighted by molar-refractivity contribution is 0.744. The normalized spacial score (nSPS) is 10.7. The molecule has 3 aromatic rings. The van der Waals surface area contributed by atoms with E-state index in [0.717, 1.165) is 31.5 Å². The minimum atomic E-state index is 1.05. The van der Waals surface area contributed by atoms with Gasteiger partial charge in [0.25, 0.3) is 0 Å². The lowest BCUT2D eigenvalue weighted by Gasteiger charge is -2.30. The van der Waals surface area contributed by atoms with Gasteiger partial charge >= 0.3 is 0 Å². The third-order valence-corrected chi connectivity index (χ3v) is 4.71. The second-order valence-corrected chi connectivity index (χ2v) is 6.71. The molecule has 0 aliphatic rings. The number of anilines is 1. The maximum absolute atomic E-state index is 4.39. The third kappa shape index (κ3) is 3.83. The van der Waals surface area contributed by atoms with Crippen molar-refractivity contribution in [2.75, 3.05) is 18.0 Å². The zero-order valence-electron chi connectivity index (χ0n) is 15.9. The molecular weight excluding hydrogens is 314 g/mol. The molecule has 0 heterocycles. The van der Waals surface area contributed by atoms with E-state index in [9.17, 15) is 0 Å². The van der Waals surface area contributed by atoms with Crippen molar-refractivity contribution < 1.29 is 0 Å². The zero-order chi connectivity index (χ0) is 18.4. The van der Waals surface area contributed by atoms with Crippen molar-refractivity contribution in [2.24, 2.45) is 0 Å². The standard InChI is InChI=1S/C25H28N/c1-4-18-26(19-5-2)25-20(3)16-17-23(21-12-8-6-9-13-21)24(25)22-14-10-7-11-15-22/h6-17H,3-5,18-19H2,1-2H3. The third-order valence-electron chi connectivity index (χ3n) is 4.71. The number of nitrogens with zero attached hydrogens (tertiary/aromatic N) is 1. The number of benzene rings is 3. The van der Waals surface area contributed by atoms with E-state index in [-0.39, 0.29) is 0 Å². The SMILES string of the molecule is [CH2]c1ccc(-c2ccccc2)c(-c2ccccc2)c1N(CCC)CCC. The summed E-state index contributed by atoms with van der Waals surface area (Å²) in [5, 5.41) is 0. The second-order valence-electron chi connectivity index (χ2n) is 6.71. The van der Waals surface area contributed by atoms with Crippen LogP contribution in [0, 0.1) is 6.92 Å². The van der Waals surface area contributed by atoms with E-state index in [4.69, 9.17) is 0 Å². The van der Waals surface area contributed by atoms with Gasteiger partial charge in [0.2, 0.25) is 0 Å². The summed E-state index contributed by atoms with van der Waals surface area (Å²) in [4.78, 5) is 2.51. The molecule has 3 rings (SSSR count). The number of hydrogen-bond donors (Lipinski definition) is 0. The molecule has 0 aromatic heterocycles. The van der Waals surface area contributed by atoms with Gasteiger partial charge in [-0.1, -0.05) is 86.6 Å². The van der Waals surface area contributed by atoms with Crippen LogP contribution in [0.1, 0.15) is 32.3 Å². The van der Waals surface area contributed by atoms with Gasteiger partial charge < -0.3 is 4.90 Å². The average molecular weight is 343 g/mol. The van der Waals surface area contributed by atoms with Gasteiger partial charge in [-0.05, 0) is 42.0 Å². The van der Waals surface area contributed by atoms with Crippen LogP contribution < -0.4 is 4.90 Å². The fraction of sp³-hybridized carbons (Fsp3) is 0.240. The lowest BCUT2D eigenvalue weighted by Crippen LogP contribution is -2.26. The summed E-state index contributed by atoms with van der Waals surface area (Å²) in [5.41, 5.74) is 7.46. The maximum Gasteiger partial charge on any atom is 0.0484 e. The molecule has 1 nitrogen and oxygen atoms in total. The van der Waals surface area contributed by atoms with Crippen LogP contribution in [0.15, 0.2) is 72.8 Å². The average Bonchev–Trinajstić information content (AvgIpc) is 2.69. The van der Waals surface area contributed by atoms with Gasteiger partial charge in [-0.25, -0.2) is 0 Å². The summed E-state index contributed by atoms with van der Waals surface area (Å²) >= 11 is 0. The minimum absolute atomic E-state index is 1.05. The fourth-order valence-electron chi connectivity index (χ4n) is 3.63. The smallest absolute Gasteiger partial charge is 0.0484 e. The van der Waals surface area contributed by atoms with Crippen LogP contribution in [0.3, 0.4) is 0 Å². The van der Waals surface area contributed by atoms with Crippen LogP contribution in [0.25, 0.3) is 22.3 Å². The molecular formula is C25H28N. The zero-order valence-corrected chi connectivity index (χ0v) is 15.9. The molecule has 0 aliphatic heterocycles. The van der Waals surface area contributed by atoms with Crippen molar-refractivity contribution in [2.45, 2.75) is 26.7 Å². The highest BCUT2D eigenvalue weighted by atomic mass is 15.1. The van der Waals surface area contributed by atoms with E-state index in [1.165, 1.54) is 27.9 Å². The molecule has 0 unspecified atom stereocenters. The van der Waals surface area contributed by atoms with Gasteiger partial charge in [-0.15, -0.1) is 0 Å². The van der Waals surface area contributed by atoms with Crippen LogP contribution in [0.5, 0.6) is 0 Å². The van der Waals surface area contributed by atoms with Gasteiger partial charge in [0.1, 0.15) is 0 Å². The predicted molar refractivity (Wildman–Crippen MR) is 115 cm³/mol. The van der Waals surface area contributed by atoms with E-state index in [1.807, 2.05) is 0 Å². The highest BCUT2D eigenvalue weighted by Gasteiger charge is 2.19. The van der Waals surface area contributed by atoms with E-state index in [2.05, 4.69) is 98.5 Å². The van der Waals surface area contributed by atoms with Crippen molar-refractivity contribution >= 4 is 5.69 Å². The van der Waals surface area contributed by atoms with Crippen molar-refractivity contribution in [1.29, 1.82) is 0 Å². The van der Waals surface area contributed by atoms with Gasteiger partial charge in [-0.2, -0.15) is 0 Å². The fourth-order valence-corrected chi connectivity index (χ4v) is 3.63. The van der Waals surface area contributed by atoms with Gasteiger partial charge in [0, 0.05) is 24.3 Å². The quantitative estimate of drug-likeness (QED) is 0.455. The molecule has 0 saturated heterocycles. The summed E-state index contributed by atoms with van der Waals surface area (Å²) in [6, 6.07) is 25.8. The Labute approximate surface area is 158 Å². The molecule has 1 heteroatoms. The summed E-state index contributed by atoms with van der Waals surface area (Å²) in [6.45, 7) is 11.0. The van der Waals surface area contributed by atoms with E-state index in [1.54, 1.807) is 0 Å². The first-order chi connectivity index (χ1) is 12.8. The van der Waals surface area contributed by atoms with Gasteiger partial charge in [0.05, 0.1) is 0 Å². The molecule has 0 spiro atoms. The van der Waals surface area contributed by atoms with Crippen molar-refractivity contribution in [1.82, 2.24) is 0 Å². The summed E-state index contributed by atoms with van der Waals surface area (Å²) in [7, 11) is 0. The van der Waals surface area contributed by atoms with Crippen LogP contribution in [-0.4, -0.2) is 13.1 Å². The molecule has 0 bridgehead atoms. The first-order valence-electron chi connectivity index (χ1n) is 9.61. The van der Waals surface area contributed by atoms with Crippen LogP contribution in [0.4, 0.5) is 5.69 Å². The number of hydrogen-bond acceptors (Lipinski definition) is 1. The Balaban J connectivity index is 2.28. The topological polar surface area (TPSA) is 3.24 Å². The minimum Gasteiger partial charge on any atom is -0.371 e. The lowest BCUT2D eigenvalue weighted by atomic mass is 9.90. The Morgan fingerprint density at radius 3 is 1.77 bits per heavy atom. The summed E-state index contributed by atoms with van der Waals surface area (Å²) in [5.74, 6) is 0. The number of rotatable bonds is 7. The van der Waals surface area contributed by atoms with Gasteiger partial charge in [0.15, 0.2) is 0 Å². The Morgan fingerprint density at radius 2 is 1.23 bits per heavy atom. The highest BCUT2D eigenvalue weighted by molar-refractivity contribution is 5.94. The molecule has 26 heavy (non-hydrogen) atoms. The first kappa shape index (κ1) is 18.3. The molecule has 133 valence electrons. The summed E-state index contributed by atoms with van der Waals surface area (Å²) in [6.07, 6.45) is 2.26. The van der Waals surface area contributed by atoms with Crippen LogP contribution >= 0.6 is 0 Å². The second kappa shape index (κ2) is 8.71. The van der Waals surface area contributed by atoms with Crippen LogP contribution in [0.2, 0.25) is 0 Å². The van der Waals surface area contributed by atoms with E-state index in [0.29, 0.717) is 0 Å². The molecule has 0 atom stereocenters. The Hall–Kier alpha value is -2.54. The molecule has 0 aliphatic carbocycles. The summed E-state index contributed by atoms with van der Waals surface area (Å²) < 4.78 is 0. The predicted octanol–water partition coefficient (Wildman–Crippen LogP) is 6.83. The van der Waals surface area contributed by atoms with Crippen molar-refractivity contribution in [3.8, 4) is 22.3 Å². The maximum atomic E-state index is 4.39. The van der Waals surface area contributed by atoms with Crippen molar-refractivity contribution in [3.63, 3.8) is 0 Å². The first-order valence-corrected chi connectivity index (χ1v) is 9.61. The molecule has 0 amide bonds. The monoisotopic (exact) mass is 342 g/mol. The van der Waals surface area contributed by atoms with Crippen LogP contribution in [-0.2, 0) is 0 Å². The Morgan fingerprint density at radius 1 is 0.692 bits per heavy atom. The Bertz CT molecular complexity index is 816. The van der Waals surface area contributed by atoms with Gasteiger partial charge in [-0.3, -0.25) is 0 Å². The van der Waals surface area contributed by atoms with E-state index < -0.39 is 0 Å². The van der Waals surface area contributed by atoms with E-state index >= 15 is 0 Å². The molecule has 0 saturated carbocycles. The largest absolute Gasteiger partial charge is 0.371 e. The Kier molecular flexibility index (Phi) is 6.12. The highest BCUT2D eigenvalue weighted by Crippen LogP contribution is 2.41.